The maximum absolute atomic E-state index is 10.9. The maximum Gasteiger partial charge on any atom is 0.236 e. The van der Waals surface area contributed by atoms with Crippen LogP contribution in [-0.2, 0) is 14.8 Å². The first-order valence-corrected chi connectivity index (χ1v) is 7.53. The molecular formula is C11H13ClO2S. The molecule has 1 aliphatic carbocycles. The van der Waals surface area contributed by atoms with Gasteiger partial charge in [-0.25, -0.2) is 8.42 Å². The van der Waals surface area contributed by atoms with E-state index in [0.29, 0.717) is 5.92 Å². The molecule has 4 heteroatoms. The minimum atomic E-state index is -3.44. The van der Waals surface area contributed by atoms with Crippen molar-refractivity contribution in [3.63, 3.8) is 0 Å². The van der Waals surface area contributed by atoms with Crippen LogP contribution in [0.15, 0.2) is 24.3 Å². The fraction of sp³-hybridized carbons (Fsp3) is 0.455. The van der Waals surface area contributed by atoms with E-state index in [2.05, 4.69) is 6.07 Å². The highest BCUT2D eigenvalue weighted by Gasteiger charge is 2.19. The summed E-state index contributed by atoms with van der Waals surface area (Å²) in [4.78, 5) is 0. The van der Waals surface area contributed by atoms with Crippen molar-refractivity contribution < 1.29 is 8.42 Å². The molecular weight excluding hydrogens is 232 g/mol. The van der Waals surface area contributed by atoms with Gasteiger partial charge in [0.2, 0.25) is 9.05 Å². The zero-order chi connectivity index (χ0) is 10.9. The molecule has 1 aromatic rings. The number of benzene rings is 1. The highest BCUT2D eigenvalue weighted by atomic mass is 35.7. The molecule has 0 spiro atoms. The second-order valence-electron chi connectivity index (χ2n) is 4.06. The van der Waals surface area contributed by atoms with E-state index in [1.807, 2.05) is 18.2 Å². The van der Waals surface area contributed by atoms with Crippen molar-refractivity contribution in [1.82, 2.24) is 0 Å². The van der Waals surface area contributed by atoms with Crippen LogP contribution in [0.1, 0.15) is 36.3 Å². The topological polar surface area (TPSA) is 34.1 Å². The van der Waals surface area contributed by atoms with Gasteiger partial charge in [0.05, 0.1) is 5.75 Å². The molecule has 1 saturated carbocycles. The lowest BCUT2D eigenvalue weighted by atomic mass is 9.80. The summed E-state index contributed by atoms with van der Waals surface area (Å²) in [5.74, 6) is 0.553. The third kappa shape index (κ3) is 2.95. The van der Waals surface area contributed by atoms with Crippen molar-refractivity contribution in [2.24, 2.45) is 0 Å². The summed E-state index contributed by atoms with van der Waals surface area (Å²) < 4.78 is 21.9. The zero-order valence-electron chi connectivity index (χ0n) is 8.32. The Hall–Kier alpha value is -0.540. The maximum atomic E-state index is 10.9. The summed E-state index contributed by atoms with van der Waals surface area (Å²) in [6.07, 6.45) is 3.72. The molecule has 0 unspecified atom stereocenters. The first-order valence-electron chi connectivity index (χ1n) is 5.06. The molecule has 0 amide bonds. The van der Waals surface area contributed by atoms with Crippen molar-refractivity contribution in [2.45, 2.75) is 30.9 Å². The first kappa shape index (κ1) is 11.0. The van der Waals surface area contributed by atoms with Crippen molar-refractivity contribution >= 4 is 19.7 Å². The average Bonchev–Trinajstić information content (AvgIpc) is 1.97. The second-order valence-corrected chi connectivity index (χ2v) is 6.83. The Labute approximate surface area is 94.7 Å². The number of rotatable bonds is 3. The molecule has 0 saturated heterocycles. The van der Waals surface area contributed by atoms with Crippen LogP contribution in [0.25, 0.3) is 0 Å². The highest BCUT2D eigenvalue weighted by Crippen LogP contribution is 2.36. The predicted octanol–water partition coefficient (Wildman–Crippen LogP) is 3.02. The molecule has 2 rings (SSSR count). The standard InChI is InChI=1S/C11H13ClO2S/c12-15(13,14)8-9-3-1-6-11(7-9)10-4-2-5-10/h1,3,6-7,10H,2,4-5,8H2. The number of halogens is 1. The van der Waals surface area contributed by atoms with E-state index in [1.165, 1.54) is 24.8 Å². The van der Waals surface area contributed by atoms with Crippen LogP contribution in [0.2, 0.25) is 0 Å². The molecule has 0 aromatic heterocycles. The largest absolute Gasteiger partial charge is 0.236 e. The van der Waals surface area contributed by atoms with Gasteiger partial charge >= 0.3 is 0 Å². The van der Waals surface area contributed by atoms with E-state index in [4.69, 9.17) is 10.7 Å². The lowest BCUT2D eigenvalue weighted by Gasteiger charge is -2.26. The minimum Gasteiger partial charge on any atom is -0.212 e. The summed E-state index contributed by atoms with van der Waals surface area (Å²) in [6, 6.07) is 7.74. The minimum absolute atomic E-state index is 0.0743. The fourth-order valence-electron chi connectivity index (χ4n) is 1.88. The van der Waals surface area contributed by atoms with Gasteiger partial charge < -0.3 is 0 Å². The van der Waals surface area contributed by atoms with Gasteiger partial charge in [-0.15, -0.1) is 0 Å². The van der Waals surface area contributed by atoms with E-state index in [9.17, 15) is 8.42 Å². The molecule has 15 heavy (non-hydrogen) atoms. The van der Waals surface area contributed by atoms with Crippen LogP contribution in [0, 0.1) is 0 Å². The zero-order valence-corrected chi connectivity index (χ0v) is 9.89. The van der Waals surface area contributed by atoms with Crippen LogP contribution >= 0.6 is 10.7 Å². The van der Waals surface area contributed by atoms with Crippen LogP contribution < -0.4 is 0 Å². The SMILES string of the molecule is O=S(=O)(Cl)Cc1cccc(C2CCC2)c1. The Balaban J connectivity index is 2.18. The molecule has 82 valence electrons. The van der Waals surface area contributed by atoms with Crippen LogP contribution in [0.5, 0.6) is 0 Å². The Bertz CT molecular complexity index is 449. The number of hydrogen-bond donors (Lipinski definition) is 0. The lowest BCUT2D eigenvalue weighted by molar-refractivity contribution is 0.419. The van der Waals surface area contributed by atoms with Gasteiger partial charge in [0.25, 0.3) is 0 Å². The third-order valence-corrected chi connectivity index (χ3v) is 3.87. The third-order valence-electron chi connectivity index (χ3n) is 2.87. The summed E-state index contributed by atoms with van der Waals surface area (Å²) in [5.41, 5.74) is 2.04. The van der Waals surface area contributed by atoms with Gasteiger partial charge in [0, 0.05) is 10.7 Å². The molecule has 0 N–H and O–H groups in total. The van der Waals surface area contributed by atoms with Gasteiger partial charge in [-0.1, -0.05) is 30.7 Å². The Kier molecular flexibility index (Phi) is 3.03. The van der Waals surface area contributed by atoms with E-state index in [1.54, 1.807) is 0 Å². The van der Waals surface area contributed by atoms with E-state index in [-0.39, 0.29) is 5.75 Å². The Morgan fingerprint density at radius 1 is 1.33 bits per heavy atom. The van der Waals surface area contributed by atoms with Gasteiger partial charge in [0.15, 0.2) is 0 Å². The summed E-state index contributed by atoms with van der Waals surface area (Å²) in [7, 11) is 1.78. The lowest BCUT2D eigenvalue weighted by Crippen LogP contribution is -2.09. The van der Waals surface area contributed by atoms with Gasteiger partial charge in [-0.05, 0) is 29.9 Å². The first-order chi connectivity index (χ1) is 7.04. The van der Waals surface area contributed by atoms with Crippen LogP contribution in [0.3, 0.4) is 0 Å². The van der Waals surface area contributed by atoms with Gasteiger partial charge in [-0.2, -0.15) is 0 Å². The Morgan fingerprint density at radius 3 is 2.60 bits per heavy atom. The van der Waals surface area contributed by atoms with Crippen molar-refractivity contribution in [2.75, 3.05) is 0 Å². The molecule has 1 aromatic carbocycles. The quantitative estimate of drug-likeness (QED) is 0.766. The summed E-state index contributed by atoms with van der Waals surface area (Å²) >= 11 is 0. The number of hydrogen-bond acceptors (Lipinski definition) is 2. The van der Waals surface area contributed by atoms with Gasteiger partial charge in [-0.3, -0.25) is 0 Å². The van der Waals surface area contributed by atoms with Crippen molar-refractivity contribution in [1.29, 1.82) is 0 Å². The van der Waals surface area contributed by atoms with Crippen molar-refractivity contribution in [3.05, 3.63) is 35.4 Å². The summed E-state index contributed by atoms with van der Waals surface area (Å²) in [6.45, 7) is 0. The summed E-state index contributed by atoms with van der Waals surface area (Å²) in [5, 5.41) is 0. The monoisotopic (exact) mass is 244 g/mol. The molecule has 0 heterocycles. The molecule has 0 bridgehead atoms. The molecule has 0 atom stereocenters. The van der Waals surface area contributed by atoms with E-state index < -0.39 is 9.05 Å². The normalized spacial score (nSPS) is 17.4. The van der Waals surface area contributed by atoms with Crippen LogP contribution in [0.4, 0.5) is 0 Å². The highest BCUT2D eigenvalue weighted by molar-refractivity contribution is 8.13. The molecule has 1 fully saturated rings. The van der Waals surface area contributed by atoms with Gasteiger partial charge in [0.1, 0.15) is 0 Å². The average molecular weight is 245 g/mol. The molecule has 1 aliphatic rings. The second kappa shape index (κ2) is 4.14. The smallest absolute Gasteiger partial charge is 0.212 e. The van der Waals surface area contributed by atoms with Crippen LogP contribution in [-0.4, -0.2) is 8.42 Å². The van der Waals surface area contributed by atoms with E-state index in [0.717, 1.165) is 5.56 Å². The van der Waals surface area contributed by atoms with E-state index >= 15 is 0 Å². The van der Waals surface area contributed by atoms with Crippen molar-refractivity contribution in [3.8, 4) is 0 Å². The molecule has 2 nitrogen and oxygen atoms in total. The fourth-order valence-corrected chi connectivity index (χ4v) is 2.83. The molecule has 0 aliphatic heterocycles. The predicted molar refractivity (Wildman–Crippen MR) is 61.5 cm³/mol. The molecule has 0 radical (unpaired) electrons. The Morgan fingerprint density at radius 2 is 2.07 bits per heavy atom.